The molecule has 0 aliphatic rings. The molecule has 0 bridgehead atoms. The van der Waals surface area contributed by atoms with Crippen molar-refractivity contribution in [2.24, 2.45) is 5.73 Å². The summed E-state index contributed by atoms with van der Waals surface area (Å²) >= 11 is 4.86. The average Bonchev–Trinajstić information content (AvgIpc) is 3.13. The normalized spacial score (nSPS) is 12.3. The minimum absolute atomic E-state index is 0. The van der Waals surface area contributed by atoms with Gasteiger partial charge in [-0.15, -0.1) is 23.7 Å². The Bertz CT molecular complexity index is 1180. The SMILES string of the molecule is CC[C@@H](N)c1ccc(-c2c(O)cc(Br)c3[nH]c(=O)c4sccc4c23)cc1.Cl. The van der Waals surface area contributed by atoms with E-state index in [9.17, 15) is 9.90 Å². The maximum atomic E-state index is 12.3. The number of hydrogen-bond donors (Lipinski definition) is 3. The Labute approximate surface area is 174 Å². The maximum absolute atomic E-state index is 12.3. The molecule has 0 saturated heterocycles. The molecule has 0 saturated carbocycles. The lowest BCUT2D eigenvalue weighted by Crippen LogP contribution is -2.08. The largest absolute Gasteiger partial charge is 0.507 e. The monoisotopic (exact) mass is 464 g/mol. The van der Waals surface area contributed by atoms with Gasteiger partial charge in [-0.3, -0.25) is 4.79 Å². The first-order valence-electron chi connectivity index (χ1n) is 8.31. The van der Waals surface area contributed by atoms with Crippen LogP contribution in [0.4, 0.5) is 0 Å². The number of rotatable bonds is 3. The van der Waals surface area contributed by atoms with Gasteiger partial charge in [-0.1, -0.05) is 31.2 Å². The molecule has 2 aromatic heterocycles. The molecule has 0 spiro atoms. The lowest BCUT2D eigenvalue weighted by molar-refractivity contribution is 0.477. The quantitative estimate of drug-likeness (QED) is 0.362. The fraction of sp³-hybridized carbons (Fsp3) is 0.150. The van der Waals surface area contributed by atoms with Crippen LogP contribution in [0.25, 0.3) is 32.1 Å². The zero-order valence-corrected chi connectivity index (χ0v) is 17.7. The second-order valence-corrected chi connectivity index (χ2v) is 8.03. The Kier molecular flexibility index (Phi) is 5.63. The summed E-state index contributed by atoms with van der Waals surface area (Å²) in [6.45, 7) is 2.05. The van der Waals surface area contributed by atoms with Crippen molar-refractivity contribution < 1.29 is 5.11 Å². The number of aromatic amines is 1. The number of halogens is 2. The van der Waals surface area contributed by atoms with Gasteiger partial charge in [0.15, 0.2) is 0 Å². The molecule has 2 heterocycles. The van der Waals surface area contributed by atoms with Crippen molar-refractivity contribution in [3.63, 3.8) is 0 Å². The molecule has 0 radical (unpaired) electrons. The molecular weight excluding hydrogens is 448 g/mol. The van der Waals surface area contributed by atoms with E-state index >= 15 is 0 Å². The van der Waals surface area contributed by atoms with Crippen LogP contribution in [0.1, 0.15) is 24.9 Å². The summed E-state index contributed by atoms with van der Waals surface area (Å²) in [5.41, 5.74) is 9.32. The highest BCUT2D eigenvalue weighted by Gasteiger charge is 2.18. The molecule has 0 unspecified atom stereocenters. The standard InChI is InChI=1S/C20H17BrN2O2S.ClH/c1-2-14(22)10-3-5-11(6-4-10)16-15(24)9-13(21)18-17(16)12-7-8-26-19(12)20(25)23-18;/h3-9,14,24H,2,22H2,1H3,(H,23,25);1H/t14-;/m1./s1. The van der Waals surface area contributed by atoms with Gasteiger partial charge < -0.3 is 15.8 Å². The molecule has 0 amide bonds. The summed E-state index contributed by atoms with van der Waals surface area (Å²) in [6.07, 6.45) is 0.864. The molecular formula is C20H18BrClN2O2S. The second-order valence-electron chi connectivity index (χ2n) is 6.26. The van der Waals surface area contributed by atoms with E-state index in [0.717, 1.165) is 28.3 Å². The number of fused-ring (bicyclic) bond motifs is 3. The minimum atomic E-state index is -0.121. The molecule has 0 aliphatic carbocycles. The summed E-state index contributed by atoms with van der Waals surface area (Å²) in [5, 5.41) is 14.3. The van der Waals surface area contributed by atoms with E-state index in [0.29, 0.717) is 20.3 Å². The zero-order chi connectivity index (χ0) is 18.4. The van der Waals surface area contributed by atoms with Crippen molar-refractivity contribution in [1.29, 1.82) is 0 Å². The molecule has 27 heavy (non-hydrogen) atoms. The van der Waals surface area contributed by atoms with E-state index in [1.807, 2.05) is 35.7 Å². The molecule has 0 fully saturated rings. The Morgan fingerprint density at radius 2 is 1.96 bits per heavy atom. The van der Waals surface area contributed by atoms with E-state index in [1.54, 1.807) is 6.07 Å². The van der Waals surface area contributed by atoms with Crippen molar-refractivity contribution in [3.05, 3.63) is 62.2 Å². The van der Waals surface area contributed by atoms with Crippen LogP contribution in [0.15, 0.2) is 51.0 Å². The van der Waals surface area contributed by atoms with E-state index in [4.69, 9.17) is 5.73 Å². The van der Waals surface area contributed by atoms with Crippen LogP contribution in [0.5, 0.6) is 5.75 Å². The van der Waals surface area contributed by atoms with Crippen molar-refractivity contribution in [3.8, 4) is 16.9 Å². The Balaban J connectivity index is 0.00000210. The van der Waals surface area contributed by atoms with Crippen molar-refractivity contribution in [2.75, 3.05) is 0 Å². The zero-order valence-electron chi connectivity index (χ0n) is 14.5. The smallest absolute Gasteiger partial charge is 0.266 e. The third-order valence-electron chi connectivity index (χ3n) is 4.71. The van der Waals surface area contributed by atoms with Crippen molar-refractivity contribution in [1.82, 2.24) is 4.98 Å². The molecule has 4 N–H and O–H groups in total. The Hall–Kier alpha value is -1.86. The molecule has 140 valence electrons. The fourth-order valence-electron chi connectivity index (χ4n) is 3.31. The third-order valence-corrected chi connectivity index (χ3v) is 6.24. The van der Waals surface area contributed by atoms with Gasteiger partial charge in [0, 0.05) is 26.9 Å². The van der Waals surface area contributed by atoms with Crippen LogP contribution in [0.2, 0.25) is 0 Å². The van der Waals surface area contributed by atoms with E-state index in [1.165, 1.54) is 11.3 Å². The number of benzene rings is 2. The van der Waals surface area contributed by atoms with Gasteiger partial charge in [0.25, 0.3) is 5.56 Å². The van der Waals surface area contributed by atoms with Crippen LogP contribution in [-0.4, -0.2) is 10.1 Å². The summed E-state index contributed by atoms with van der Waals surface area (Å²) in [4.78, 5) is 15.3. The molecule has 7 heteroatoms. The van der Waals surface area contributed by atoms with E-state index in [2.05, 4.69) is 27.8 Å². The van der Waals surface area contributed by atoms with Crippen molar-refractivity contribution in [2.45, 2.75) is 19.4 Å². The van der Waals surface area contributed by atoms with Crippen molar-refractivity contribution >= 4 is 60.7 Å². The molecule has 4 rings (SSSR count). The highest BCUT2D eigenvalue weighted by Crippen LogP contribution is 2.42. The summed E-state index contributed by atoms with van der Waals surface area (Å²) in [7, 11) is 0. The number of hydrogen-bond acceptors (Lipinski definition) is 4. The van der Waals surface area contributed by atoms with Crippen LogP contribution < -0.4 is 11.3 Å². The second kappa shape index (κ2) is 7.64. The van der Waals surface area contributed by atoms with Gasteiger partial charge in [0.05, 0.1) is 5.52 Å². The highest BCUT2D eigenvalue weighted by molar-refractivity contribution is 9.10. The van der Waals surface area contributed by atoms with Crippen LogP contribution in [0, 0.1) is 0 Å². The number of phenols is 1. The van der Waals surface area contributed by atoms with Crippen LogP contribution >= 0.6 is 39.7 Å². The third kappa shape index (κ3) is 3.27. The molecule has 1 atom stereocenters. The van der Waals surface area contributed by atoms with Gasteiger partial charge >= 0.3 is 0 Å². The predicted molar refractivity (Wildman–Crippen MR) is 119 cm³/mol. The lowest BCUT2D eigenvalue weighted by atomic mass is 9.95. The first-order chi connectivity index (χ1) is 12.5. The topological polar surface area (TPSA) is 79.1 Å². The van der Waals surface area contributed by atoms with E-state index < -0.39 is 0 Å². The fourth-order valence-corrected chi connectivity index (χ4v) is 4.62. The first kappa shape index (κ1) is 19.9. The predicted octanol–water partition coefficient (Wildman–Crippen LogP) is 5.71. The number of nitrogens with two attached hydrogens (primary N) is 1. The number of pyridine rings is 1. The number of phenolic OH excluding ortho intramolecular Hbond substituents is 1. The number of aromatic hydroxyl groups is 1. The van der Waals surface area contributed by atoms with Crippen LogP contribution in [0.3, 0.4) is 0 Å². The molecule has 2 aromatic carbocycles. The Morgan fingerprint density at radius 1 is 1.26 bits per heavy atom. The number of thiophene rings is 1. The number of H-pyrrole nitrogens is 1. The lowest BCUT2D eigenvalue weighted by Gasteiger charge is -2.14. The maximum Gasteiger partial charge on any atom is 0.266 e. The van der Waals surface area contributed by atoms with Gasteiger partial charge in [-0.05, 0) is 51.0 Å². The Morgan fingerprint density at radius 3 is 2.63 bits per heavy atom. The number of nitrogens with one attached hydrogen (secondary N) is 1. The van der Waals surface area contributed by atoms with Gasteiger partial charge in [0.1, 0.15) is 10.4 Å². The summed E-state index contributed by atoms with van der Waals surface area (Å²) in [6, 6.07) is 11.5. The van der Waals surface area contributed by atoms with Gasteiger partial charge in [-0.2, -0.15) is 0 Å². The van der Waals surface area contributed by atoms with Gasteiger partial charge in [0.2, 0.25) is 0 Å². The molecule has 4 aromatic rings. The van der Waals surface area contributed by atoms with Gasteiger partial charge in [-0.25, -0.2) is 0 Å². The van der Waals surface area contributed by atoms with Crippen LogP contribution in [-0.2, 0) is 0 Å². The first-order valence-corrected chi connectivity index (χ1v) is 9.99. The number of aromatic nitrogens is 1. The average molecular weight is 466 g/mol. The minimum Gasteiger partial charge on any atom is -0.507 e. The molecule has 0 aliphatic heterocycles. The molecule has 4 nitrogen and oxygen atoms in total. The van der Waals surface area contributed by atoms with E-state index in [-0.39, 0.29) is 29.8 Å². The summed E-state index contributed by atoms with van der Waals surface area (Å²) < 4.78 is 1.31. The highest BCUT2D eigenvalue weighted by atomic mass is 79.9. The summed E-state index contributed by atoms with van der Waals surface area (Å²) in [5.74, 6) is 0.163.